The third-order valence-corrected chi connectivity index (χ3v) is 5.58. The highest BCUT2D eigenvalue weighted by atomic mass is 16.6. The quantitative estimate of drug-likeness (QED) is 0.407. The van der Waals surface area contributed by atoms with Gasteiger partial charge in [0.15, 0.2) is 5.54 Å². The average molecular weight is 460 g/mol. The molecule has 8 heteroatoms. The summed E-state index contributed by atoms with van der Waals surface area (Å²) < 4.78 is 15.8. The molecule has 0 radical (unpaired) electrons. The molecule has 3 aromatic carbocycles. The SMILES string of the molecule is COC(=O)NNc1ccc([C@@]2(Cc3ccccc3)N=C(c3ccc(C)cc3)OC2=O)cc1OC. The summed E-state index contributed by atoms with van der Waals surface area (Å²) >= 11 is 0. The normalized spacial score (nSPS) is 16.9. The Morgan fingerprint density at radius 1 is 1.03 bits per heavy atom. The number of carbonyl (C=O) groups excluding carboxylic acids is 2. The fourth-order valence-electron chi connectivity index (χ4n) is 3.74. The number of hydrogen-bond acceptors (Lipinski definition) is 7. The van der Waals surface area contributed by atoms with Crippen molar-refractivity contribution in [3.05, 3.63) is 95.1 Å². The fraction of sp³-hybridized carbons (Fsp3) is 0.192. The molecule has 4 rings (SSSR count). The Hall–Kier alpha value is -4.33. The molecule has 0 aliphatic carbocycles. The van der Waals surface area contributed by atoms with E-state index in [1.807, 2.05) is 61.5 Å². The number of ether oxygens (including phenoxy) is 3. The van der Waals surface area contributed by atoms with Crippen molar-refractivity contribution in [1.29, 1.82) is 0 Å². The standard InChI is InChI=1S/C26H25N3O5/c1-17-9-11-19(12-10-17)23-27-26(24(30)34-23,16-18-7-5-4-6-8-18)20-13-14-21(22(15-20)32-2)28-29-25(31)33-3/h4-15,28H,16H2,1-3H3,(H,29,31)/t26-/m1/s1. The number of anilines is 1. The fourth-order valence-corrected chi connectivity index (χ4v) is 3.74. The molecule has 1 amide bonds. The lowest BCUT2D eigenvalue weighted by Gasteiger charge is -2.24. The maximum absolute atomic E-state index is 13.4. The molecule has 1 aliphatic heterocycles. The predicted molar refractivity (Wildman–Crippen MR) is 128 cm³/mol. The van der Waals surface area contributed by atoms with Crippen LogP contribution in [0.3, 0.4) is 0 Å². The molecule has 174 valence electrons. The van der Waals surface area contributed by atoms with Crippen molar-refractivity contribution in [2.75, 3.05) is 19.6 Å². The van der Waals surface area contributed by atoms with Gasteiger partial charge in [-0.3, -0.25) is 5.43 Å². The molecule has 8 nitrogen and oxygen atoms in total. The van der Waals surface area contributed by atoms with E-state index in [1.165, 1.54) is 14.2 Å². The van der Waals surface area contributed by atoms with Gasteiger partial charge in [0.25, 0.3) is 0 Å². The second-order valence-electron chi connectivity index (χ2n) is 7.85. The lowest BCUT2D eigenvalue weighted by Crippen LogP contribution is -2.34. The molecular weight excluding hydrogens is 434 g/mol. The maximum atomic E-state index is 13.4. The number of rotatable bonds is 7. The van der Waals surface area contributed by atoms with Gasteiger partial charge in [0.1, 0.15) is 5.75 Å². The Balaban J connectivity index is 1.78. The second-order valence-corrected chi connectivity index (χ2v) is 7.85. The van der Waals surface area contributed by atoms with E-state index in [0.29, 0.717) is 23.4 Å². The second kappa shape index (κ2) is 9.66. The van der Waals surface area contributed by atoms with Gasteiger partial charge in [0, 0.05) is 12.0 Å². The number of hydrogen-bond donors (Lipinski definition) is 2. The van der Waals surface area contributed by atoms with E-state index in [9.17, 15) is 9.59 Å². The van der Waals surface area contributed by atoms with E-state index >= 15 is 0 Å². The number of nitrogens with zero attached hydrogens (tertiary/aromatic N) is 1. The average Bonchev–Trinajstić information content (AvgIpc) is 3.20. The van der Waals surface area contributed by atoms with E-state index < -0.39 is 17.6 Å². The monoisotopic (exact) mass is 459 g/mol. The molecule has 0 spiro atoms. The molecule has 0 fully saturated rings. The maximum Gasteiger partial charge on any atom is 0.425 e. The van der Waals surface area contributed by atoms with E-state index in [-0.39, 0.29) is 5.90 Å². The Bertz CT molecular complexity index is 1220. The smallest absolute Gasteiger partial charge is 0.425 e. The number of cyclic esters (lactones) is 1. The summed E-state index contributed by atoms with van der Waals surface area (Å²) in [4.78, 5) is 29.7. The number of methoxy groups -OCH3 is 2. The first kappa shape index (κ1) is 22.8. The third kappa shape index (κ3) is 4.56. The van der Waals surface area contributed by atoms with Gasteiger partial charge in [-0.2, -0.15) is 0 Å². The zero-order chi connectivity index (χ0) is 24.1. The minimum absolute atomic E-state index is 0.273. The van der Waals surface area contributed by atoms with Crippen molar-refractivity contribution in [2.24, 2.45) is 4.99 Å². The van der Waals surface area contributed by atoms with Crippen LogP contribution in [-0.2, 0) is 26.2 Å². The molecule has 0 unspecified atom stereocenters. The Morgan fingerprint density at radius 3 is 2.44 bits per heavy atom. The molecule has 2 N–H and O–H groups in total. The van der Waals surface area contributed by atoms with Gasteiger partial charge in [-0.05, 0) is 42.3 Å². The highest BCUT2D eigenvalue weighted by molar-refractivity contribution is 6.08. The van der Waals surface area contributed by atoms with E-state index in [2.05, 4.69) is 15.6 Å². The van der Waals surface area contributed by atoms with Gasteiger partial charge in [-0.1, -0.05) is 54.1 Å². The number of nitrogens with one attached hydrogen (secondary N) is 2. The third-order valence-electron chi connectivity index (χ3n) is 5.58. The topological polar surface area (TPSA) is 98.3 Å². The molecule has 3 aromatic rings. The summed E-state index contributed by atoms with van der Waals surface area (Å²) in [5.41, 5.74) is 7.67. The zero-order valence-corrected chi connectivity index (χ0v) is 19.1. The van der Waals surface area contributed by atoms with E-state index in [4.69, 9.17) is 14.5 Å². The van der Waals surface area contributed by atoms with Crippen molar-refractivity contribution < 1.29 is 23.8 Å². The molecule has 0 saturated carbocycles. The van der Waals surface area contributed by atoms with Crippen molar-refractivity contribution >= 4 is 23.6 Å². The van der Waals surface area contributed by atoms with Crippen molar-refractivity contribution in [3.63, 3.8) is 0 Å². The predicted octanol–water partition coefficient (Wildman–Crippen LogP) is 4.13. The van der Waals surface area contributed by atoms with Crippen LogP contribution in [0, 0.1) is 6.92 Å². The molecule has 0 bridgehead atoms. The molecule has 1 heterocycles. The number of aliphatic imine (C=N–C) groups is 1. The van der Waals surface area contributed by atoms with Crippen LogP contribution in [0.5, 0.6) is 5.75 Å². The highest BCUT2D eigenvalue weighted by Gasteiger charge is 2.48. The Labute approximate surface area is 197 Å². The minimum atomic E-state index is -1.30. The lowest BCUT2D eigenvalue weighted by molar-refractivity contribution is -0.139. The molecule has 34 heavy (non-hydrogen) atoms. The van der Waals surface area contributed by atoms with Crippen LogP contribution in [0.15, 0.2) is 77.8 Å². The molecule has 0 saturated heterocycles. The van der Waals surface area contributed by atoms with Crippen LogP contribution in [0.1, 0.15) is 22.3 Å². The van der Waals surface area contributed by atoms with E-state index in [1.54, 1.807) is 18.2 Å². The molecule has 0 aromatic heterocycles. The largest absolute Gasteiger partial charge is 0.495 e. The summed E-state index contributed by atoms with van der Waals surface area (Å²) in [6, 6.07) is 22.5. The minimum Gasteiger partial charge on any atom is -0.495 e. The number of hydrazine groups is 1. The first-order valence-corrected chi connectivity index (χ1v) is 10.7. The summed E-state index contributed by atoms with van der Waals surface area (Å²) in [5, 5.41) is 0. The first-order valence-electron chi connectivity index (χ1n) is 10.7. The molecule has 1 aliphatic rings. The van der Waals surface area contributed by atoms with Gasteiger partial charge < -0.3 is 14.2 Å². The highest BCUT2D eigenvalue weighted by Crippen LogP contribution is 2.40. The summed E-state index contributed by atoms with van der Waals surface area (Å²) in [7, 11) is 2.76. The number of carbonyl (C=O) groups is 2. The number of amides is 1. The van der Waals surface area contributed by atoms with Crippen molar-refractivity contribution in [1.82, 2.24) is 5.43 Å². The van der Waals surface area contributed by atoms with Crippen molar-refractivity contribution in [3.8, 4) is 5.75 Å². The number of esters is 1. The number of aryl methyl sites for hydroxylation is 1. The van der Waals surface area contributed by atoms with Crippen molar-refractivity contribution in [2.45, 2.75) is 18.9 Å². The van der Waals surface area contributed by atoms with Crippen LogP contribution in [0.2, 0.25) is 0 Å². The summed E-state index contributed by atoms with van der Waals surface area (Å²) in [5.74, 6) is 0.213. The van der Waals surface area contributed by atoms with E-state index in [0.717, 1.165) is 16.7 Å². The van der Waals surface area contributed by atoms with Gasteiger partial charge in [-0.15, -0.1) is 0 Å². The van der Waals surface area contributed by atoms with Gasteiger partial charge in [0.2, 0.25) is 5.90 Å². The number of benzene rings is 3. The van der Waals surface area contributed by atoms with Crippen LogP contribution in [0.25, 0.3) is 0 Å². The van der Waals surface area contributed by atoms with Gasteiger partial charge in [0.05, 0.1) is 19.9 Å². The zero-order valence-electron chi connectivity index (χ0n) is 19.1. The molecule has 1 atom stereocenters. The van der Waals surface area contributed by atoms with Gasteiger partial charge in [-0.25, -0.2) is 20.0 Å². The van der Waals surface area contributed by atoms with Gasteiger partial charge >= 0.3 is 12.1 Å². The Morgan fingerprint density at radius 2 is 1.76 bits per heavy atom. The van der Waals surface area contributed by atoms with Crippen LogP contribution >= 0.6 is 0 Å². The van der Waals surface area contributed by atoms with Crippen LogP contribution < -0.4 is 15.6 Å². The van der Waals surface area contributed by atoms with Crippen LogP contribution in [-0.4, -0.2) is 32.2 Å². The summed E-state index contributed by atoms with van der Waals surface area (Å²) in [6.07, 6.45) is -0.350. The lowest BCUT2D eigenvalue weighted by atomic mass is 9.84. The molecular formula is C26H25N3O5. The summed E-state index contributed by atoms with van der Waals surface area (Å²) in [6.45, 7) is 1.99. The Kier molecular flexibility index (Phi) is 6.49. The van der Waals surface area contributed by atoms with Crippen LogP contribution in [0.4, 0.5) is 10.5 Å². The first-order chi connectivity index (χ1) is 16.4.